The Morgan fingerprint density at radius 1 is 1.64 bits per heavy atom. The van der Waals surface area contributed by atoms with Crippen molar-refractivity contribution in [2.75, 3.05) is 19.0 Å². The number of rotatable bonds is 1. The number of anilines is 1. The predicted octanol–water partition coefficient (Wildman–Crippen LogP) is 1.06. The summed E-state index contributed by atoms with van der Waals surface area (Å²) < 4.78 is 4.64. The molecule has 0 radical (unpaired) electrons. The summed E-state index contributed by atoms with van der Waals surface area (Å²) in [4.78, 5) is 15.2. The molecule has 1 aliphatic rings. The molecule has 0 spiro atoms. The molecule has 0 saturated heterocycles. The lowest BCUT2D eigenvalue weighted by molar-refractivity contribution is -0.135. The molecule has 4 heteroatoms. The Labute approximate surface area is 81.6 Å². The standard InChI is InChI=1S/C10H10N2O2/c1-14-10(13)8-4-7-5-11-3-2-9(7)12-6-8/h2-5,12H,6H2,1H3. The lowest BCUT2D eigenvalue weighted by Gasteiger charge is -2.16. The first-order valence-corrected chi connectivity index (χ1v) is 4.28. The van der Waals surface area contributed by atoms with E-state index >= 15 is 0 Å². The van der Waals surface area contributed by atoms with Crippen LogP contribution in [0.4, 0.5) is 5.69 Å². The Morgan fingerprint density at radius 2 is 2.50 bits per heavy atom. The van der Waals surface area contributed by atoms with E-state index in [0.29, 0.717) is 12.1 Å². The third kappa shape index (κ3) is 1.46. The van der Waals surface area contributed by atoms with Crippen molar-refractivity contribution in [2.45, 2.75) is 0 Å². The Kier molecular flexibility index (Phi) is 2.18. The van der Waals surface area contributed by atoms with E-state index < -0.39 is 0 Å². The minimum atomic E-state index is -0.299. The number of hydrogen-bond acceptors (Lipinski definition) is 4. The van der Waals surface area contributed by atoms with Gasteiger partial charge in [0.15, 0.2) is 0 Å². The van der Waals surface area contributed by atoms with Gasteiger partial charge in [-0.1, -0.05) is 0 Å². The number of carbonyl (C=O) groups is 1. The molecule has 1 aromatic heterocycles. The molecule has 0 bridgehead atoms. The molecule has 0 atom stereocenters. The van der Waals surface area contributed by atoms with E-state index in [0.717, 1.165) is 11.3 Å². The Bertz CT molecular complexity index is 399. The van der Waals surface area contributed by atoms with Gasteiger partial charge in [-0.3, -0.25) is 4.98 Å². The molecule has 1 aliphatic heterocycles. The van der Waals surface area contributed by atoms with Crippen molar-refractivity contribution in [3.8, 4) is 0 Å². The van der Waals surface area contributed by atoms with Gasteiger partial charge in [-0.2, -0.15) is 0 Å². The number of nitrogens with one attached hydrogen (secondary N) is 1. The normalized spacial score (nSPS) is 13.6. The topological polar surface area (TPSA) is 51.2 Å². The highest BCUT2D eigenvalue weighted by Gasteiger charge is 2.15. The molecule has 2 rings (SSSR count). The number of pyridine rings is 1. The lowest BCUT2D eigenvalue weighted by Crippen LogP contribution is -2.17. The second-order valence-corrected chi connectivity index (χ2v) is 2.98. The lowest BCUT2D eigenvalue weighted by atomic mass is 10.1. The number of aromatic nitrogens is 1. The van der Waals surface area contributed by atoms with Crippen molar-refractivity contribution in [1.29, 1.82) is 0 Å². The Morgan fingerprint density at radius 3 is 3.29 bits per heavy atom. The third-order valence-corrected chi connectivity index (χ3v) is 2.10. The van der Waals surface area contributed by atoms with Crippen molar-refractivity contribution < 1.29 is 9.53 Å². The monoisotopic (exact) mass is 190 g/mol. The highest BCUT2D eigenvalue weighted by molar-refractivity contribution is 5.97. The van der Waals surface area contributed by atoms with Crippen molar-refractivity contribution in [3.05, 3.63) is 29.6 Å². The summed E-state index contributed by atoms with van der Waals surface area (Å²) in [6, 6.07) is 1.87. The zero-order valence-electron chi connectivity index (χ0n) is 7.78. The average molecular weight is 190 g/mol. The van der Waals surface area contributed by atoms with Gasteiger partial charge in [0.25, 0.3) is 0 Å². The summed E-state index contributed by atoms with van der Waals surface area (Å²) in [6.07, 6.45) is 5.22. The second-order valence-electron chi connectivity index (χ2n) is 2.98. The molecule has 1 N–H and O–H groups in total. The number of carbonyl (C=O) groups excluding carboxylic acids is 1. The summed E-state index contributed by atoms with van der Waals surface area (Å²) in [7, 11) is 1.38. The molecular formula is C10H10N2O2. The molecule has 0 aliphatic carbocycles. The van der Waals surface area contributed by atoms with Crippen LogP contribution in [0.5, 0.6) is 0 Å². The van der Waals surface area contributed by atoms with Gasteiger partial charge in [-0.15, -0.1) is 0 Å². The van der Waals surface area contributed by atoms with E-state index in [2.05, 4.69) is 15.0 Å². The fraction of sp³-hybridized carbons (Fsp3) is 0.200. The van der Waals surface area contributed by atoms with E-state index in [-0.39, 0.29) is 5.97 Å². The van der Waals surface area contributed by atoms with E-state index in [1.807, 2.05) is 6.07 Å². The number of fused-ring (bicyclic) bond motifs is 1. The van der Waals surface area contributed by atoms with Gasteiger partial charge < -0.3 is 10.1 Å². The van der Waals surface area contributed by atoms with Crippen molar-refractivity contribution in [1.82, 2.24) is 4.98 Å². The van der Waals surface area contributed by atoms with Crippen LogP contribution < -0.4 is 5.32 Å². The highest BCUT2D eigenvalue weighted by atomic mass is 16.5. The van der Waals surface area contributed by atoms with Crippen LogP contribution in [0.2, 0.25) is 0 Å². The number of ether oxygens (including phenoxy) is 1. The predicted molar refractivity (Wildman–Crippen MR) is 52.7 cm³/mol. The van der Waals surface area contributed by atoms with E-state index in [9.17, 15) is 4.79 Å². The second kappa shape index (κ2) is 3.49. The molecule has 1 aromatic rings. The molecule has 0 amide bonds. The van der Waals surface area contributed by atoms with Crippen LogP contribution in [0.3, 0.4) is 0 Å². The van der Waals surface area contributed by atoms with Crippen LogP contribution in [0.1, 0.15) is 5.56 Å². The van der Waals surface area contributed by atoms with Crippen molar-refractivity contribution >= 4 is 17.7 Å². The first kappa shape index (κ1) is 8.74. The van der Waals surface area contributed by atoms with Gasteiger partial charge in [-0.05, 0) is 12.1 Å². The smallest absolute Gasteiger partial charge is 0.335 e. The molecular weight excluding hydrogens is 180 g/mol. The van der Waals surface area contributed by atoms with Crippen molar-refractivity contribution in [2.24, 2.45) is 0 Å². The van der Waals surface area contributed by atoms with Gasteiger partial charge in [0.2, 0.25) is 0 Å². The summed E-state index contributed by atoms with van der Waals surface area (Å²) in [5.41, 5.74) is 2.53. The molecule has 72 valence electrons. The summed E-state index contributed by atoms with van der Waals surface area (Å²) >= 11 is 0. The number of hydrogen-bond donors (Lipinski definition) is 1. The number of methoxy groups -OCH3 is 1. The van der Waals surface area contributed by atoms with Crippen LogP contribution in [-0.2, 0) is 9.53 Å². The zero-order chi connectivity index (χ0) is 9.97. The number of esters is 1. The fourth-order valence-electron chi connectivity index (χ4n) is 1.37. The van der Waals surface area contributed by atoms with Gasteiger partial charge in [0.1, 0.15) is 0 Å². The molecule has 0 aromatic carbocycles. The van der Waals surface area contributed by atoms with E-state index in [4.69, 9.17) is 0 Å². The summed E-state index contributed by atoms with van der Waals surface area (Å²) in [5, 5.41) is 3.12. The van der Waals surface area contributed by atoms with Crippen molar-refractivity contribution in [3.63, 3.8) is 0 Å². The molecule has 14 heavy (non-hydrogen) atoms. The third-order valence-electron chi connectivity index (χ3n) is 2.10. The zero-order valence-corrected chi connectivity index (χ0v) is 7.78. The Balaban J connectivity index is 2.36. The van der Waals surface area contributed by atoms with Gasteiger partial charge in [0.05, 0.1) is 12.7 Å². The molecule has 0 fully saturated rings. The van der Waals surface area contributed by atoms with Gasteiger partial charge >= 0.3 is 5.97 Å². The van der Waals surface area contributed by atoms with E-state index in [1.165, 1.54) is 7.11 Å². The molecule has 0 unspecified atom stereocenters. The average Bonchev–Trinajstić information content (AvgIpc) is 2.27. The fourth-order valence-corrected chi connectivity index (χ4v) is 1.37. The van der Waals surface area contributed by atoms with Gasteiger partial charge in [-0.25, -0.2) is 4.79 Å². The minimum Gasteiger partial charge on any atom is -0.466 e. The summed E-state index contributed by atoms with van der Waals surface area (Å²) in [5.74, 6) is -0.299. The van der Waals surface area contributed by atoms with Crippen LogP contribution in [-0.4, -0.2) is 24.6 Å². The summed E-state index contributed by atoms with van der Waals surface area (Å²) in [6.45, 7) is 0.504. The molecule has 2 heterocycles. The van der Waals surface area contributed by atoms with E-state index in [1.54, 1.807) is 18.5 Å². The maximum Gasteiger partial charge on any atom is 0.335 e. The van der Waals surface area contributed by atoms with Crippen LogP contribution in [0, 0.1) is 0 Å². The molecule has 4 nitrogen and oxygen atoms in total. The minimum absolute atomic E-state index is 0.299. The SMILES string of the molecule is COC(=O)C1=Cc2cnccc2NC1. The molecule has 0 saturated carbocycles. The van der Waals surface area contributed by atoms with Crippen LogP contribution in [0.15, 0.2) is 24.0 Å². The highest BCUT2D eigenvalue weighted by Crippen LogP contribution is 2.22. The maximum absolute atomic E-state index is 11.2. The number of nitrogens with zero attached hydrogens (tertiary/aromatic N) is 1. The largest absolute Gasteiger partial charge is 0.466 e. The first-order chi connectivity index (χ1) is 6.81. The Hall–Kier alpha value is -1.84. The van der Waals surface area contributed by atoms with Crippen LogP contribution >= 0.6 is 0 Å². The van der Waals surface area contributed by atoms with Crippen LogP contribution in [0.25, 0.3) is 6.08 Å². The first-order valence-electron chi connectivity index (χ1n) is 4.28. The maximum atomic E-state index is 11.2. The quantitative estimate of drug-likeness (QED) is 0.673. The van der Waals surface area contributed by atoms with Gasteiger partial charge in [0, 0.05) is 30.2 Å².